The largest absolute Gasteiger partial charge is 0.382 e. The van der Waals surface area contributed by atoms with Crippen LogP contribution in [0.2, 0.25) is 0 Å². The molecule has 88 valence electrons. The predicted molar refractivity (Wildman–Crippen MR) is 70.8 cm³/mol. The average Bonchev–Trinajstić information content (AvgIpc) is 2.79. The fourth-order valence-electron chi connectivity index (χ4n) is 2.24. The molecular formula is C12H13BrN4. The van der Waals surface area contributed by atoms with Crippen LogP contribution in [0, 0.1) is 0 Å². The van der Waals surface area contributed by atoms with Gasteiger partial charge in [0.05, 0.1) is 11.4 Å². The Kier molecular flexibility index (Phi) is 2.45. The predicted octanol–water partition coefficient (Wildman–Crippen LogP) is 2.16. The van der Waals surface area contributed by atoms with Gasteiger partial charge in [-0.1, -0.05) is 22.0 Å². The van der Waals surface area contributed by atoms with E-state index >= 15 is 0 Å². The number of hydrogen-bond acceptors (Lipinski definition) is 3. The quantitative estimate of drug-likeness (QED) is 0.876. The van der Waals surface area contributed by atoms with E-state index < -0.39 is 0 Å². The monoisotopic (exact) mass is 292 g/mol. The van der Waals surface area contributed by atoms with Gasteiger partial charge >= 0.3 is 0 Å². The molecule has 2 heterocycles. The summed E-state index contributed by atoms with van der Waals surface area (Å²) in [6, 6.07) is 8.09. The Morgan fingerprint density at radius 2 is 2.18 bits per heavy atom. The molecule has 0 spiro atoms. The molecule has 0 unspecified atom stereocenters. The first-order valence-corrected chi connectivity index (χ1v) is 6.25. The number of nitrogen functional groups attached to an aromatic ring is 1. The van der Waals surface area contributed by atoms with Crippen molar-refractivity contribution in [1.29, 1.82) is 0 Å². The zero-order valence-corrected chi connectivity index (χ0v) is 11.1. The molecule has 3 rings (SSSR count). The van der Waals surface area contributed by atoms with Gasteiger partial charge in [0.25, 0.3) is 0 Å². The lowest BCUT2D eigenvalue weighted by atomic mass is 10.2. The maximum absolute atomic E-state index is 5.96. The van der Waals surface area contributed by atoms with Crippen molar-refractivity contribution >= 4 is 21.7 Å². The molecule has 0 bridgehead atoms. The number of nitrogens with two attached hydrogens (primary N) is 1. The van der Waals surface area contributed by atoms with Gasteiger partial charge in [0.2, 0.25) is 0 Å². The van der Waals surface area contributed by atoms with Crippen LogP contribution in [0.15, 0.2) is 28.7 Å². The highest BCUT2D eigenvalue weighted by Crippen LogP contribution is 2.29. The molecule has 2 N–H and O–H groups in total. The fourth-order valence-corrected chi connectivity index (χ4v) is 2.63. The molecule has 0 amide bonds. The Hall–Kier alpha value is -1.33. The minimum absolute atomic E-state index is 0.643. The van der Waals surface area contributed by atoms with Crippen LogP contribution in [0.5, 0.6) is 0 Å². The molecule has 2 aromatic rings. The van der Waals surface area contributed by atoms with Crippen molar-refractivity contribution in [2.45, 2.75) is 13.1 Å². The summed E-state index contributed by atoms with van der Waals surface area (Å²) in [5.41, 5.74) is 9.36. The molecule has 0 saturated heterocycles. The van der Waals surface area contributed by atoms with Crippen LogP contribution in [0.25, 0.3) is 5.69 Å². The lowest BCUT2D eigenvalue weighted by Gasteiger charge is -2.09. The van der Waals surface area contributed by atoms with Crippen molar-refractivity contribution in [2.24, 2.45) is 0 Å². The van der Waals surface area contributed by atoms with Crippen molar-refractivity contribution in [1.82, 2.24) is 14.7 Å². The molecule has 5 heteroatoms. The maximum atomic E-state index is 5.96. The Morgan fingerprint density at radius 3 is 2.94 bits per heavy atom. The molecule has 0 fully saturated rings. The number of anilines is 1. The van der Waals surface area contributed by atoms with Crippen LogP contribution in [0.1, 0.15) is 11.3 Å². The van der Waals surface area contributed by atoms with Gasteiger partial charge in [-0.3, -0.25) is 4.90 Å². The van der Waals surface area contributed by atoms with E-state index in [0.717, 1.165) is 28.8 Å². The van der Waals surface area contributed by atoms with Crippen LogP contribution in [-0.4, -0.2) is 21.7 Å². The van der Waals surface area contributed by atoms with Gasteiger partial charge in [0.15, 0.2) is 5.82 Å². The van der Waals surface area contributed by atoms with E-state index in [-0.39, 0.29) is 0 Å². The molecule has 1 aromatic heterocycles. The van der Waals surface area contributed by atoms with E-state index in [1.54, 1.807) is 0 Å². The number of fused-ring (bicyclic) bond motifs is 1. The van der Waals surface area contributed by atoms with Gasteiger partial charge in [-0.05, 0) is 25.2 Å². The van der Waals surface area contributed by atoms with Crippen LogP contribution in [-0.2, 0) is 13.1 Å². The zero-order valence-electron chi connectivity index (χ0n) is 9.52. The topological polar surface area (TPSA) is 47.1 Å². The molecule has 4 nitrogen and oxygen atoms in total. The number of hydrogen-bond donors (Lipinski definition) is 1. The zero-order chi connectivity index (χ0) is 12.0. The summed E-state index contributed by atoms with van der Waals surface area (Å²) < 4.78 is 2.99. The third-order valence-corrected chi connectivity index (χ3v) is 3.51. The second-order valence-electron chi connectivity index (χ2n) is 4.37. The smallest absolute Gasteiger partial charge is 0.150 e. The van der Waals surface area contributed by atoms with Gasteiger partial charge in [0.1, 0.15) is 0 Å². The normalized spacial score (nSPS) is 15.2. The summed E-state index contributed by atoms with van der Waals surface area (Å²) in [7, 11) is 2.09. The molecule has 0 radical (unpaired) electrons. The van der Waals surface area contributed by atoms with Gasteiger partial charge in [-0.25, -0.2) is 4.68 Å². The number of aromatic nitrogens is 2. The standard InChI is InChI=1S/C12H13BrN4/c1-16-6-10-11(7-16)17(15-12(10)14)9-4-2-3-8(13)5-9/h2-5H,6-7H2,1H3,(H2,14,15). The van der Waals surface area contributed by atoms with E-state index in [1.807, 2.05) is 28.9 Å². The van der Waals surface area contributed by atoms with E-state index in [0.29, 0.717) is 5.82 Å². The number of rotatable bonds is 1. The molecule has 1 aliphatic rings. The summed E-state index contributed by atoms with van der Waals surface area (Å²) in [6.07, 6.45) is 0. The average molecular weight is 293 g/mol. The summed E-state index contributed by atoms with van der Waals surface area (Å²) >= 11 is 3.48. The third kappa shape index (κ3) is 1.75. The van der Waals surface area contributed by atoms with Crippen molar-refractivity contribution in [3.63, 3.8) is 0 Å². The summed E-state index contributed by atoms with van der Waals surface area (Å²) in [5, 5.41) is 4.42. The third-order valence-electron chi connectivity index (χ3n) is 3.02. The minimum Gasteiger partial charge on any atom is -0.382 e. The number of nitrogens with zero attached hydrogens (tertiary/aromatic N) is 3. The SMILES string of the molecule is CN1Cc2c(N)nn(-c3cccc(Br)c3)c2C1. The lowest BCUT2D eigenvalue weighted by molar-refractivity contribution is 0.346. The maximum Gasteiger partial charge on any atom is 0.150 e. The van der Waals surface area contributed by atoms with Crippen molar-refractivity contribution in [3.8, 4) is 5.69 Å². The number of halogens is 1. The highest BCUT2D eigenvalue weighted by atomic mass is 79.9. The highest BCUT2D eigenvalue weighted by Gasteiger charge is 2.24. The molecule has 17 heavy (non-hydrogen) atoms. The minimum atomic E-state index is 0.643. The number of benzene rings is 1. The van der Waals surface area contributed by atoms with Gasteiger partial charge < -0.3 is 5.73 Å². The van der Waals surface area contributed by atoms with Gasteiger partial charge in [-0.15, -0.1) is 0 Å². The fraction of sp³-hybridized carbons (Fsp3) is 0.250. The van der Waals surface area contributed by atoms with Crippen molar-refractivity contribution < 1.29 is 0 Å². The Labute approximate surface area is 108 Å². The lowest BCUT2D eigenvalue weighted by Crippen LogP contribution is -2.12. The summed E-state index contributed by atoms with van der Waals surface area (Å²) in [4.78, 5) is 2.23. The van der Waals surface area contributed by atoms with Crippen LogP contribution >= 0.6 is 15.9 Å². The van der Waals surface area contributed by atoms with Crippen LogP contribution in [0.4, 0.5) is 5.82 Å². The van der Waals surface area contributed by atoms with Crippen LogP contribution in [0.3, 0.4) is 0 Å². The van der Waals surface area contributed by atoms with Gasteiger partial charge in [0, 0.05) is 23.1 Å². The molecule has 0 aliphatic carbocycles. The Bertz CT molecular complexity index is 576. The Morgan fingerprint density at radius 1 is 1.35 bits per heavy atom. The first-order chi connectivity index (χ1) is 8.15. The first-order valence-electron chi connectivity index (χ1n) is 5.46. The van der Waals surface area contributed by atoms with E-state index in [4.69, 9.17) is 5.73 Å². The van der Waals surface area contributed by atoms with E-state index in [2.05, 4.69) is 33.0 Å². The van der Waals surface area contributed by atoms with Crippen LogP contribution < -0.4 is 5.73 Å². The highest BCUT2D eigenvalue weighted by molar-refractivity contribution is 9.10. The van der Waals surface area contributed by atoms with E-state index in [9.17, 15) is 0 Å². The van der Waals surface area contributed by atoms with E-state index in [1.165, 1.54) is 5.69 Å². The summed E-state index contributed by atoms with van der Waals surface area (Å²) in [5.74, 6) is 0.643. The first kappa shape index (κ1) is 10.8. The molecule has 1 aliphatic heterocycles. The summed E-state index contributed by atoms with van der Waals surface area (Å²) in [6.45, 7) is 1.78. The molecular weight excluding hydrogens is 280 g/mol. The molecule has 0 atom stereocenters. The second-order valence-corrected chi connectivity index (χ2v) is 5.29. The molecule has 1 aromatic carbocycles. The Balaban J connectivity index is 2.14. The molecule has 0 saturated carbocycles. The van der Waals surface area contributed by atoms with Gasteiger partial charge in [-0.2, -0.15) is 5.10 Å². The van der Waals surface area contributed by atoms with Crippen molar-refractivity contribution in [3.05, 3.63) is 40.0 Å². The second kappa shape index (κ2) is 3.85. The van der Waals surface area contributed by atoms with Crippen molar-refractivity contribution in [2.75, 3.05) is 12.8 Å².